The quantitative estimate of drug-likeness (QED) is 0.0234. The number of aliphatic hydroxyl groups excluding tert-OH is 6. The topological polar surface area (TPSA) is 169 Å². The molecule has 1 saturated heterocycles. The summed E-state index contributed by atoms with van der Waals surface area (Å²) in [5, 5.41) is 64.6. The van der Waals surface area contributed by atoms with Crippen molar-refractivity contribution in [1.82, 2.24) is 5.32 Å². The molecule has 10 heteroatoms. The van der Waals surface area contributed by atoms with E-state index in [1.54, 1.807) is 6.08 Å². The standard InChI is InChI=1S/C52H93NO9/c1-3-5-7-9-11-13-15-16-17-18-19-20-21-22-23-24-25-26-27-28-29-31-33-35-37-39-41-46(56)51(60)53-44(43-61-52-50(59)49(58)48(57)47(42-54)62-52)45(55)40-38-36-34-32-30-14-12-10-8-6-4-2/h8,10,19-20,22-23,30,32,38,40,44-50,52,54-59H,3-7,9,11-18,21,24-29,31,33-37,39,41-43H2,1-2H3,(H,53,60)/b10-8+,20-19-,23-22-,32-30+,40-38+. The molecule has 1 amide bonds. The highest BCUT2D eigenvalue weighted by molar-refractivity contribution is 5.80. The van der Waals surface area contributed by atoms with Crippen molar-refractivity contribution in [2.75, 3.05) is 13.2 Å². The zero-order valence-corrected chi connectivity index (χ0v) is 39.2. The van der Waals surface area contributed by atoms with Gasteiger partial charge in [-0.25, -0.2) is 0 Å². The normalized spacial score (nSPS) is 21.3. The summed E-state index contributed by atoms with van der Waals surface area (Å²) in [7, 11) is 0. The van der Waals surface area contributed by atoms with Gasteiger partial charge in [-0.1, -0.05) is 190 Å². The molecule has 1 aliphatic heterocycles. The Morgan fingerprint density at radius 3 is 1.55 bits per heavy atom. The highest BCUT2D eigenvalue weighted by atomic mass is 16.7. The van der Waals surface area contributed by atoms with Crippen LogP contribution in [-0.4, -0.2) is 98.7 Å². The van der Waals surface area contributed by atoms with E-state index in [0.29, 0.717) is 19.3 Å². The molecule has 8 unspecified atom stereocenters. The Kier molecular flexibility index (Phi) is 38.8. The van der Waals surface area contributed by atoms with Crippen molar-refractivity contribution >= 4 is 5.91 Å². The number of nitrogens with one attached hydrogen (secondary N) is 1. The lowest BCUT2D eigenvalue weighted by Crippen LogP contribution is -2.60. The van der Waals surface area contributed by atoms with Crippen molar-refractivity contribution in [3.05, 3.63) is 60.8 Å². The minimum Gasteiger partial charge on any atom is -0.394 e. The van der Waals surface area contributed by atoms with Gasteiger partial charge >= 0.3 is 0 Å². The number of rotatable bonds is 41. The molecular formula is C52H93NO9. The van der Waals surface area contributed by atoms with E-state index >= 15 is 0 Å². The Labute approximate surface area is 378 Å². The molecule has 360 valence electrons. The lowest BCUT2D eigenvalue weighted by molar-refractivity contribution is -0.302. The number of amides is 1. The zero-order valence-electron chi connectivity index (χ0n) is 39.2. The van der Waals surface area contributed by atoms with Crippen LogP contribution in [-0.2, 0) is 14.3 Å². The van der Waals surface area contributed by atoms with Crippen LogP contribution in [0.2, 0.25) is 0 Å². The molecule has 1 heterocycles. The van der Waals surface area contributed by atoms with Gasteiger partial charge in [-0.3, -0.25) is 4.79 Å². The highest BCUT2D eigenvalue weighted by Crippen LogP contribution is 2.23. The van der Waals surface area contributed by atoms with Crippen LogP contribution in [0.15, 0.2) is 60.8 Å². The lowest BCUT2D eigenvalue weighted by Gasteiger charge is -2.40. The second kappa shape index (κ2) is 41.5. The van der Waals surface area contributed by atoms with Crippen molar-refractivity contribution in [2.45, 2.75) is 249 Å². The summed E-state index contributed by atoms with van der Waals surface area (Å²) in [6.07, 6.45) is 44.7. The highest BCUT2D eigenvalue weighted by Gasteiger charge is 2.44. The smallest absolute Gasteiger partial charge is 0.249 e. The Hall–Kier alpha value is -2.15. The first-order valence-corrected chi connectivity index (χ1v) is 25.1. The van der Waals surface area contributed by atoms with Crippen LogP contribution in [0.3, 0.4) is 0 Å². The number of aliphatic hydroxyl groups is 6. The number of ether oxygens (including phenoxy) is 2. The predicted molar refractivity (Wildman–Crippen MR) is 255 cm³/mol. The molecule has 0 aliphatic carbocycles. The molecule has 1 rings (SSSR count). The fourth-order valence-corrected chi connectivity index (χ4v) is 7.53. The van der Waals surface area contributed by atoms with Crippen LogP contribution in [0, 0.1) is 0 Å². The molecule has 0 saturated carbocycles. The molecular weight excluding hydrogens is 783 g/mol. The van der Waals surface area contributed by atoms with E-state index < -0.39 is 61.5 Å². The Morgan fingerprint density at radius 1 is 0.565 bits per heavy atom. The van der Waals surface area contributed by atoms with Crippen LogP contribution >= 0.6 is 0 Å². The monoisotopic (exact) mass is 876 g/mol. The first kappa shape index (κ1) is 57.9. The molecule has 0 radical (unpaired) electrons. The minimum atomic E-state index is -1.62. The number of carbonyl (C=O) groups is 1. The van der Waals surface area contributed by atoms with Gasteiger partial charge < -0.3 is 45.4 Å². The van der Waals surface area contributed by atoms with Gasteiger partial charge in [-0.05, 0) is 70.6 Å². The lowest BCUT2D eigenvalue weighted by atomic mass is 9.99. The average Bonchev–Trinajstić information content (AvgIpc) is 3.27. The molecule has 1 aliphatic rings. The molecule has 0 bridgehead atoms. The maximum absolute atomic E-state index is 13.0. The number of hydrogen-bond acceptors (Lipinski definition) is 9. The van der Waals surface area contributed by atoms with Crippen LogP contribution in [0.1, 0.15) is 200 Å². The van der Waals surface area contributed by atoms with E-state index in [2.05, 4.69) is 67.8 Å². The number of hydrogen-bond donors (Lipinski definition) is 7. The van der Waals surface area contributed by atoms with Crippen LogP contribution < -0.4 is 5.32 Å². The van der Waals surface area contributed by atoms with Gasteiger partial charge in [0.2, 0.25) is 5.91 Å². The van der Waals surface area contributed by atoms with E-state index in [-0.39, 0.29) is 6.61 Å². The average molecular weight is 876 g/mol. The maximum Gasteiger partial charge on any atom is 0.249 e. The zero-order chi connectivity index (χ0) is 45.3. The minimum absolute atomic E-state index is 0.295. The molecule has 0 aromatic rings. The molecule has 0 aromatic heterocycles. The van der Waals surface area contributed by atoms with Gasteiger partial charge in [0.15, 0.2) is 6.29 Å². The van der Waals surface area contributed by atoms with Crippen molar-refractivity contribution in [3.8, 4) is 0 Å². The third-order valence-corrected chi connectivity index (χ3v) is 11.6. The third-order valence-electron chi connectivity index (χ3n) is 11.6. The molecule has 10 nitrogen and oxygen atoms in total. The number of carbonyl (C=O) groups excluding carboxylic acids is 1. The first-order valence-electron chi connectivity index (χ1n) is 25.1. The fourth-order valence-electron chi connectivity index (χ4n) is 7.53. The summed E-state index contributed by atoms with van der Waals surface area (Å²) in [5.41, 5.74) is 0. The summed E-state index contributed by atoms with van der Waals surface area (Å²) < 4.78 is 11.1. The second-order valence-electron chi connectivity index (χ2n) is 17.4. The molecule has 7 N–H and O–H groups in total. The molecule has 0 aromatic carbocycles. The van der Waals surface area contributed by atoms with Gasteiger partial charge in [0, 0.05) is 0 Å². The Morgan fingerprint density at radius 2 is 1.03 bits per heavy atom. The van der Waals surface area contributed by atoms with Crippen molar-refractivity contribution in [3.63, 3.8) is 0 Å². The van der Waals surface area contributed by atoms with E-state index in [1.165, 1.54) is 109 Å². The number of allylic oxidation sites excluding steroid dienone is 9. The molecule has 1 fully saturated rings. The summed E-state index contributed by atoms with van der Waals surface area (Å²) in [6.45, 7) is 3.50. The van der Waals surface area contributed by atoms with Crippen LogP contribution in [0.4, 0.5) is 0 Å². The number of unbranched alkanes of at least 4 members (excludes halogenated alkanes) is 22. The SMILES string of the molecule is CCC/C=C/CC/C=C/CC/C=C/C(O)C(COC1OC(CO)C(O)C(O)C1O)NC(=O)C(O)CCCCCCCCCCCC/C=C\C/C=C\CCCCCCCCCCC. The van der Waals surface area contributed by atoms with Gasteiger partial charge in [0.25, 0.3) is 0 Å². The van der Waals surface area contributed by atoms with Gasteiger partial charge in [-0.15, -0.1) is 0 Å². The Balaban J connectivity index is 2.28. The maximum atomic E-state index is 13.0. The van der Waals surface area contributed by atoms with E-state index in [0.717, 1.165) is 57.8 Å². The largest absolute Gasteiger partial charge is 0.394 e. The van der Waals surface area contributed by atoms with Gasteiger partial charge in [-0.2, -0.15) is 0 Å². The van der Waals surface area contributed by atoms with Crippen molar-refractivity contribution in [2.24, 2.45) is 0 Å². The summed E-state index contributed by atoms with van der Waals surface area (Å²) in [6, 6.07) is -1.01. The van der Waals surface area contributed by atoms with E-state index in [4.69, 9.17) is 9.47 Å². The summed E-state index contributed by atoms with van der Waals surface area (Å²) >= 11 is 0. The first-order chi connectivity index (χ1) is 30.3. The third kappa shape index (κ3) is 30.8. The van der Waals surface area contributed by atoms with Crippen molar-refractivity contribution < 1.29 is 44.9 Å². The fraction of sp³-hybridized carbons (Fsp3) is 0.788. The van der Waals surface area contributed by atoms with E-state index in [9.17, 15) is 35.4 Å². The summed E-state index contributed by atoms with van der Waals surface area (Å²) in [4.78, 5) is 13.0. The molecule has 8 atom stereocenters. The van der Waals surface area contributed by atoms with Gasteiger partial charge in [0.1, 0.15) is 30.5 Å². The van der Waals surface area contributed by atoms with Crippen LogP contribution in [0.5, 0.6) is 0 Å². The Bertz CT molecular complexity index is 1170. The molecule has 62 heavy (non-hydrogen) atoms. The van der Waals surface area contributed by atoms with Gasteiger partial charge in [0.05, 0.1) is 25.4 Å². The predicted octanol–water partition coefficient (Wildman–Crippen LogP) is 10.1. The second-order valence-corrected chi connectivity index (χ2v) is 17.4. The van der Waals surface area contributed by atoms with E-state index in [1.807, 2.05) is 6.08 Å². The van der Waals surface area contributed by atoms with Crippen molar-refractivity contribution in [1.29, 1.82) is 0 Å². The summed E-state index contributed by atoms with van der Waals surface area (Å²) in [5.74, 6) is -0.636. The molecule has 0 spiro atoms. The van der Waals surface area contributed by atoms with Crippen LogP contribution in [0.25, 0.3) is 0 Å².